The fourth-order valence-corrected chi connectivity index (χ4v) is 1.55. The third-order valence-electron chi connectivity index (χ3n) is 2.71. The van der Waals surface area contributed by atoms with Gasteiger partial charge in [0.05, 0.1) is 6.61 Å². The van der Waals surface area contributed by atoms with E-state index in [1.54, 1.807) is 0 Å². The van der Waals surface area contributed by atoms with Gasteiger partial charge in [0.1, 0.15) is 0 Å². The molecule has 0 aliphatic carbocycles. The van der Waals surface area contributed by atoms with Gasteiger partial charge in [0.15, 0.2) is 0 Å². The van der Waals surface area contributed by atoms with Crippen LogP contribution in [0.5, 0.6) is 0 Å². The quantitative estimate of drug-likeness (QED) is 0.469. The number of ether oxygens (including phenoxy) is 1. The Hall–Kier alpha value is -1.08. The van der Waals surface area contributed by atoms with E-state index in [1.807, 2.05) is 24.3 Å². The van der Waals surface area contributed by atoms with E-state index in [4.69, 9.17) is 4.74 Å². The van der Waals surface area contributed by atoms with Crippen molar-refractivity contribution in [1.82, 2.24) is 0 Å². The topological polar surface area (TPSA) is 9.23 Å². The number of unbranched alkanes of at least 4 members (excludes halogenated alkanes) is 1. The largest absolute Gasteiger partial charge is 0.377 e. The Balaban J connectivity index is 1.98. The molecule has 1 aromatic carbocycles. The second-order valence-electron chi connectivity index (χ2n) is 4.25. The second-order valence-corrected chi connectivity index (χ2v) is 4.25. The van der Waals surface area contributed by atoms with Gasteiger partial charge in [-0.3, -0.25) is 0 Å². The van der Waals surface area contributed by atoms with Gasteiger partial charge in [-0.25, -0.2) is 0 Å². The highest BCUT2D eigenvalue weighted by Gasteiger charge is 1.96. The summed E-state index contributed by atoms with van der Waals surface area (Å²) in [6.07, 6.45) is 5.61. The van der Waals surface area contributed by atoms with Crippen molar-refractivity contribution in [2.45, 2.75) is 32.8 Å². The van der Waals surface area contributed by atoms with E-state index in [9.17, 15) is 0 Å². The summed E-state index contributed by atoms with van der Waals surface area (Å²) in [6, 6.07) is 10.3. The lowest BCUT2D eigenvalue weighted by Crippen LogP contribution is -1.97. The van der Waals surface area contributed by atoms with Crippen LogP contribution in [-0.4, -0.2) is 6.61 Å². The fraction of sp³-hybridized carbons (Fsp3) is 0.467. The summed E-state index contributed by atoms with van der Waals surface area (Å²) in [5.74, 6) is 0.633. The molecule has 0 heterocycles. The van der Waals surface area contributed by atoms with E-state index < -0.39 is 0 Å². The number of rotatable bonds is 8. The molecule has 0 aliphatic heterocycles. The van der Waals surface area contributed by atoms with Crippen LogP contribution in [0.2, 0.25) is 0 Å². The number of hydrogen-bond donors (Lipinski definition) is 0. The Labute approximate surface area is 99.1 Å². The van der Waals surface area contributed by atoms with Crippen molar-refractivity contribution in [3.63, 3.8) is 0 Å². The molecule has 0 amide bonds. The summed E-state index contributed by atoms with van der Waals surface area (Å²) in [7, 11) is 0. The molecule has 0 saturated heterocycles. The highest BCUT2D eigenvalue weighted by molar-refractivity contribution is 5.13. The smallest absolute Gasteiger partial charge is 0.0716 e. The molecule has 1 nitrogen and oxygen atoms in total. The lowest BCUT2D eigenvalue weighted by Gasteiger charge is -2.06. The summed E-state index contributed by atoms with van der Waals surface area (Å²) in [5.41, 5.74) is 1.25. The molecule has 1 rings (SSSR count). The standard InChI is InChI=1S/C15H22O/c1-3-14(2)9-7-8-12-16-13-15-10-5-4-6-11-15/h3-6,10-11,14H,1,7-9,12-13H2,2H3. The van der Waals surface area contributed by atoms with Crippen molar-refractivity contribution in [1.29, 1.82) is 0 Å². The molecular weight excluding hydrogens is 196 g/mol. The molecule has 16 heavy (non-hydrogen) atoms. The van der Waals surface area contributed by atoms with Crippen molar-refractivity contribution in [3.8, 4) is 0 Å². The van der Waals surface area contributed by atoms with E-state index in [0.29, 0.717) is 5.92 Å². The Morgan fingerprint density at radius 3 is 2.69 bits per heavy atom. The molecule has 0 bridgehead atoms. The fourth-order valence-electron chi connectivity index (χ4n) is 1.55. The van der Waals surface area contributed by atoms with Crippen LogP contribution >= 0.6 is 0 Å². The minimum atomic E-state index is 0.633. The molecule has 1 aromatic rings. The van der Waals surface area contributed by atoms with Crippen LogP contribution in [0.15, 0.2) is 43.0 Å². The van der Waals surface area contributed by atoms with Gasteiger partial charge in [0, 0.05) is 6.61 Å². The van der Waals surface area contributed by atoms with E-state index >= 15 is 0 Å². The average Bonchev–Trinajstić information content (AvgIpc) is 2.34. The Kier molecular flexibility index (Phi) is 6.59. The molecule has 0 N–H and O–H groups in total. The van der Waals surface area contributed by atoms with Gasteiger partial charge < -0.3 is 4.74 Å². The minimum Gasteiger partial charge on any atom is -0.377 e. The summed E-state index contributed by atoms with van der Waals surface area (Å²) in [4.78, 5) is 0. The summed E-state index contributed by atoms with van der Waals surface area (Å²) < 4.78 is 5.61. The van der Waals surface area contributed by atoms with Gasteiger partial charge in [0.25, 0.3) is 0 Å². The van der Waals surface area contributed by atoms with Crippen molar-refractivity contribution in [3.05, 3.63) is 48.6 Å². The van der Waals surface area contributed by atoms with Crippen LogP contribution in [0.25, 0.3) is 0 Å². The number of hydrogen-bond acceptors (Lipinski definition) is 1. The van der Waals surface area contributed by atoms with Crippen LogP contribution in [0.3, 0.4) is 0 Å². The third-order valence-corrected chi connectivity index (χ3v) is 2.71. The monoisotopic (exact) mass is 218 g/mol. The summed E-state index contributed by atoms with van der Waals surface area (Å²) in [5, 5.41) is 0. The number of allylic oxidation sites excluding steroid dienone is 1. The molecule has 1 unspecified atom stereocenters. The van der Waals surface area contributed by atoms with Crippen LogP contribution in [0.1, 0.15) is 31.7 Å². The van der Waals surface area contributed by atoms with Crippen LogP contribution in [0.4, 0.5) is 0 Å². The van der Waals surface area contributed by atoms with Crippen molar-refractivity contribution < 1.29 is 4.74 Å². The normalized spacial score (nSPS) is 12.3. The Bertz CT molecular complexity index is 279. The first-order valence-electron chi connectivity index (χ1n) is 6.07. The predicted molar refractivity (Wildman–Crippen MR) is 69.3 cm³/mol. The van der Waals surface area contributed by atoms with Gasteiger partial charge in [-0.15, -0.1) is 6.58 Å². The van der Waals surface area contributed by atoms with Crippen molar-refractivity contribution >= 4 is 0 Å². The molecule has 0 fully saturated rings. The van der Waals surface area contributed by atoms with Gasteiger partial charge in [-0.1, -0.05) is 49.8 Å². The van der Waals surface area contributed by atoms with Gasteiger partial charge in [0.2, 0.25) is 0 Å². The molecular formula is C15H22O. The average molecular weight is 218 g/mol. The second kappa shape index (κ2) is 8.12. The molecule has 0 aromatic heterocycles. The summed E-state index contributed by atoms with van der Waals surface area (Å²) in [6.45, 7) is 7.58. The van der Waals surface area contributed by atoms with Gasteiger partial charge in [-0.2, -0.15) is 0 Å². The van der Waals surface area contributed by atoms with E-state index in [1.165, 1.54) is 18.4 Å². The molecule has 0 radical (unpaired) electrons. The van der Waals surface area contributed by atoms with Crippen LogP contribution in [-0.2, 0) is 11.3 Å². The Morgan fingerprint density at radius 1 is 1.25 bits per heavy atom. The zero-order valence-electron chi connectivity index (χ0n) is 10.2. The Morgan fingerprint density at radius 2 is 2.00 bits per heavy atom. The van der Waals surface area contributed by atoms with E-state index in [2.05, 4.69) is 25.6 Å². The summed E-state index contributed by atoms with van der Waals surface area (Å²) >= 11 is 0. The van der Waals surface area contributed by atoms with Gasteiger partial charge in [-0.05, 0) is 24.3 Å². The van der Waals surface area contributed by atoms with Crippen molar-refractivity contribution in [2.75, 3.05) is 6.61 Å². The maximum absolute atomic E-state index is 5.61. The highest BCUT2D eigenvalue weighted by atomic mass is 16.5. The highest BCUT2D eigenvalue weighted by Crippen LogP contribution is 2.08. The van der Waals surface area contributed by atoms with E-state index in [0.717, 1.165) is 19.6 Å². The maximum Gasteiger partial charge on any atom is 0.0716 e. The van der Waals surface area contributed by atoms with Crippen molar-refractivity contribution in [2.24, 2.45) is 5.92 Å². The lowest BCUT2D eigenvalue weighted by atomic mass is 10.1. The zero-order valence-corrected chi connectivity index (χ0v) is 10.2. The molecule has 88 valence electrons. The minimum absolute atomic E-state index is 0.633. The van der Waals surface area contributed by atoms with Crippen LogP contribution < -0.4 is 0 Å². The van der Waals surface area contributed by atoms with Crippen LogP contribution in [0, 0.1) is 5.92 Å². The first kappa shape index (κ1) is 13.0. The first-order valence-corrected chi connectivity index (χ1v) is 6.07. The maximum atomic E-state index is 5.61. The van der Waals surface area contributed by atoms with E-state index in [-0.39, 0.29) is 0 Å². The molecule has 1 heteroatoms. The van der Waals surface area contributed by atoms with Gasteiger partial charge >= 0.3 is 0 Å². The lowest BCUT2D eigenvalue weighted by molar-refractivity contribution is 0.116. The molecule has 1 atom stereocenters. The predicted octanol–water partition coefficient (Wildman–Crippen LogP) is 4.20. The molecule has 0 aliphatic rings. The third kappa shape index (κ3) is 5.72. The first-order chi connectivity index (χ1) is 7.83. The number of benzene rings is 1. The SMILES string of the molecule is C=CC(C)CCCCOCc1ccccc1. The molecule has 0 saturated carbocycles. The molecule has 0 spiro atoms. The zero-order chi connectivity index (χ0) is 11.6.